The number of ether oxygens (including phenoxy) is 1. The predicted octanol–water partition coefficient (Wildman–Crippen LogP) is -0.321. The molecule has 1 amide bonds. The maximum absolute atomic E-state index is 11.4. The van der Waals surface area contributed by atoms with Crippen LogP contribution in [0.25, 0.3) is 0 Å². The minimum absolute atomic E-state index is 0.0574. The Labute approximate surface area is 98.5 Å². The van der Waals surface area contributed by atoms with Gasteiger partial charge in [-0.1, -0.05) is 0 Å². The second-order valence-electron chi connectivity index (χ2n) is 3.87. The Kier molecular flexibility index (Phi) is 9.18. The highest BCUT2D eigenvalue weighted by Crippen LogP contribution is 1.84. The van der Waals surface area contributed by atoms with Crippen LogP contribution in [-0.4, -0.2) is 63.8 Å². The standard InChI is InChI=1S/C11H25N3O2/c1-5-12-11(15)10(2)13-6-7-14(3)8-9-16-4/h10,13H,5-9H2,1-4H3,(H,12,15). The van der Waals surface area contributed by atoms with Gasteiger partial charge < -0.3 is 20.3 Å². The molecule has 5 nitrogen and oxygen atoms in total. The van der Waals surface area contributed by atoms with Crippen LogP contribution in [0.3, 0.4) is 0 Å². The third kappa shape index (κ3) is 7.62. The molecule has 16 heavy (non-hydrogen) atoms. The molecule has 1 atom stereocenters. The number of hydrogen-bond acceptors (Lipinski definition) is 4. The average molecular weight is 231 g/mol. The summed E-state index contributed by atoms with van der Waals surface area (Å²) in [5.74, 6) is 0.0574. The van der Waals surface area contributed by atoms with E-state index in [2.05, 4.69) is 15.5 Å². The largest absolute Gasteiger partial charge is 0.383 e. The van der Waals surface area contributed by atoms with Gasteiger partial charge >= 0.3 is 0 Å². The van der Waals surface area contributed by atoms with E-state index >= 15 is 0 Å². The molecule has 0 radical (unpaired) electrons. The lowest BCUT2D eigenvalue weighted by molar-refractivity contribution is -0.122. The first-order valence-electron chi connectivity index (χ1n) is 5.80. The zero-order valence-corrected chi connectivity index (χ0v) is 10.9. The smallest absolute Gasteiger partial charge is 0.236 e. The molecule has 0 aromatic carbocycles. The van der Waals surface area contributed by atoms with Crippen molar-refractivity contribution in [3.8, 4) is 0 Å². The Morgan fingerprint density at radius 2 is 2.12 bits per heavy atom. The van der Waals surface area contributed by atoms with Crippen molar-refractivity contribution in [1.82, 2.24) is 15.5 Å². The normalized spacial score (nSPS) is 12.8. The molecule has 0 rings (SSSR count). The first-order valence-corrected chi connectivity index (χ1v) is 5.80. The molecule has 0 heterocycles. The lowest BCUT2D eigenvalue weighted by Gasteiger charge is -2.18. The topological polar surface area (TPSA) is 53.6 Å². The Balaban J connectivity index is 3.53. The van der Waals surface area contributed by atoms with E-state index in [0.717, 1.165) is 26.2 Å². The molecule has 0 saturated heterocycles. The summed E-state index contributed by atoms with van der Waals surface area (Å²) in [5.41, 5.74) is 0. The van der Waals surface area contributed by atoms with E-state index in [0.29, 0.717) is 6.54 Å². The summed E-state index contributed by atoms with van der Waals surface area (Å²) in [6, 6.07) is -0.129. The Morgan fingerprint density at radius 1 is 1.44 bits per heavy atom. The van der Waals surface area contributed by atoms with Crippen molar-refractivity contribution in [3.63, 3.8) is 0 Å². The molecular weight excluding hydrogens is 206 g/mol. The summed E-state index contributed by atoms with van der Waals surface area (Å²) in [6.07, 6.45) is 0. The van der Waals surface area contributed by atoms with E-state index in [1.807, 2.05) is 20.9 Å². The number of nitrogens with zero attached hydrogens (tertiary/aromatic N) is 1. The molecule has 0 spiro atoms. The van der Waals surface area contributed by atoms with Crippen LogP contribution in [0.5, 0.6) is 0 Å². The van der Waals surface area contributed by atoms with Crippen LogP contribution in [0.1, 0.15) is 13.8 Å². The zero-order valence-electron chi connectivity index (χ0n) is 10.9. The molecule has 0 aliphatic rings. The van der Waals surface area contributed by atoms with Gasteiger partial charge in [-0.3, -0.25) is 4.79 Å². The van der Waals surface area contributed by atoms with Gasteiger partial charge in [0.15, 0.2) is 0 Å². The number of carbonyl (C=O) groups excluding carboxylic acids is 1. The van der Waals surface area contributed by atoms with Gasteiger partial charge in [0.2, 0.25) is 5.91 Å². The van der Waals surface area contributed by atoms with E-state index in [1.165, 1.54) is 0 Å². The maximum atomic E-state index is 11.4. The summed E-state index contributed by atoms with van der Waals surface area (Å²) < 4.78 is 4.98. The first-order chi connectivity index (χ1) is 7.61. The Bertz CT molecular complexity index is 188. The fraction of sp³-hybridized carbons (Fsp3) is 0.909. The molecule has 0 aliphatic heterocycles. The Hall–Kier alpha value is -0.650. The van der Waals surface area contributed by atoms with E-state index < -0.39 is 0 Å². The second kappa shape index (κ2) is 9.57. The fourth-order valence-corrected chi connectivity index (χ4v) is 1.25. The van der Waals surface area contributed by atoms with Crippen LogP contribution in [0.15, 0.2) is 0 Å². The number of methoxy groups -OCH3 is 1. The quantitative estimate of drug-likeness (QED) is 0.571. The fourth-order valence-electron chi connectivity index (χ4n) is 1.25. The van der Waals surface area contributed by atoms with E-state index in [-0.39, 0.29) is 11.9 Å². The summed E-state index contributed by atoms with van der Waals surface area (Å²) in [4.78, 5) is 13.6. The molecule has 0 bridgehead atoms. The van der Waals surface area contributed by atoms with Crippen molar-refractivity contribution in [2.75, 3.05) is 46.9 Å². The van der Waals surface area contributed by atoms with Gasteiger partial charge in [0.1, 0.15) is 0 Å². The van der Waals surface area contributed by atoms with Crippen molar-refractivity contribution >= 4 is 5.91 Å². The molecule has 2 N–H and O–H groups in total. The van der Waals surface area contributed by atoms with Crippen molar-refractivity contribution in [1.29, 1.82) is 0 Å². The monoisotopic (exact) mass is 231 g/mol. The highest BCUT2D eigenvalue weighted by atomic mass is 16.5. The lowest BCUT2D eigenvalue weighted by Crippen LogP contribution is -2.44. The summed E-state index contributed by atoms with van der Waals surface area (Å²) in [6.45, 7) is 7.84. The van der Waals surface area contributed by atoms with Crippen LogP contribution in [0.4, 0.5) is 0 Å². The van der Waals surface area contributed by atoms with E-state index in [4.69, 9.17) is 4.74 Å². The molecule has 5 heteroatoms. The first kappa shape index (κ1) is 15.3. The van der Waals surface area contributed by atoms with Crippen LogP contribution in [-0.2, 0) is 9.53 Å². The van der Waals surface area contributed by atoms with Gasteiger partial charge in [0.25, 0.3) is 0 Å². The van der Waals surface area contributed by atoms with Gasteiger partial charge in [-0.05, 0) is 20.9 Å². The minimum atomic E-state index is -0.129. The van der Waals surface area contributed by atoms with Gasteiger partial charge in [-0.15, -0.1) is 0 Å². The van der Waals surface area contributed by atoms with Crippen molar-refractivity contribution in [2.24, 2.45) is 0 Å². The zero-order chi connectivity index (χ0) is 12.4. The third-order valence-corrected chi connectivity index (χ3v) is 2.37. The van der Waals surface area contributed by atoms with E-state index in [1.54, 1.807) is 7.11 Å². The number of carbonyl (C=O) groups is 1. The van der Waals surface area contributed by atoms with Crippen LogP contribution >= 0.6 is 0 Å². The molecule has 0 aliphatic carbocycles. The molecule has 1 unspecified atom stereocenters. The molecule has 96 valence electrons. The molecule has 0 aromatic rings. The summed E-state index contributed by atoms with van der Waals surface area (Å²) >= 11 is 0. The average Bonchev–Trinajstić information content (AvgIpc) is 2.26. The highest BCUT2D eigenvalue weighted by Gasteiger charge is 2.10. The van der Waals surface area contributed by atoms with Crippen molar-refractivity contribution in [2.45, 2.75) is 19.9 Å². The number of rotatable bonds is 9. The number of amides is 1. The van der Waals surface area contributed by atoms with E-state index in [9.17, 15) is 4.79 Å². The maximum Gasteiger partial charge on any atom is 0.236 e. The Morgan fingerprint density at radius 3 is 2.69 bits per heavy atom. The highest BCUT2D eigenvalue weighted by molar-refractivity contribution is 5.81. The SMILES string of the molecule is CCNC(=O)C(C)NCCN(C)CCOC. The van der Waals surface area contributed by atoms with Crippen LogP contribution in [0, 0.1) is 0 Å². The predicted molar refractivity (Wildman–Crippen MR) is 65.5 cm³/mol. The third-order valence-electron chi connectivity index (χ3n) is 2.37. The van der Waals surface area contributed by atoms with Gasteiger partial charge in [-0.2, -0.15) is 0 Å². The van der Waals surface area contributed by atoms with Crippen molar-refractivity contribution in [3.05, 3.63) is 0 Å². The number of nitrogens with one attached hydrogen (secondary N) is 2. The van der Waals surface area contributed by atoms with Gasteiger partial charge in [-0.25, -0.2) is 0 Å². The van der Waals surface area contributed by atoms with Crippen molar-refractivity contribution < 1.29 is 9.53 Å². The second-order valence-corrected chi connectivity index (χ2v) is 3.87. The molecule has 0 saturated carbocycles. The number of likely N-dealkylation sites (N-methyl/N-ethyl adjacent to an activating group) is 2. The van der Waals surface area contributed by atoms with Gasteiger partial charge in [0, 0.05) is 33.3 Å². The summed E-state index contributed by atoms with van der Waals surface area (Å²) in [5, 5.41) is 5.96. The molecule has 0 fully saturated rings. The molecular formula is C11H25N3O2. The lowest BCUT2D eigenvalue weighted by atomic mass is 10.3. The van der Waals surface area contributed by atoms with Gasteiger partial charge in [0.05, 0.1) is 12.6 Å². The number of hydrogen-bond donors (Lipinski definition) is 2. The molecule has 0 aromatic heterocycles. The van der Waals surface area contributed by atoms with Crippen LogP contribution in [0.2, 0.25) is 0 Å². The van der Waals surface area contributed by atoms with Crippen LogP contribution < -0.4 is 10.6 Å². The minimum Gasteiger partial charge on any atom is -0.383 e. The summed E-state index contributed by atoms with van der Waals surface area (Å²) in [7, 11) is 3.74.